The van der Waals surface area contributed by atoms with Crippen LogP contribution in [0.4, 0.5) is 5.69 Å². The molecule has 0 aliphatic carbocycles. The zero-order valence-electron chi connectivity index (χ0n) is 10.8. The molecule has 0 saturated carbocycles. The monoisotopic (exact) mass is 281 g/mol. The van der Waals surface area contributed by atoms with Crippen LogP contribution in [0, 0.1) is 0 Å². The Morgan fingerprint density at radius 1 is 1.37 bits per heavy atom. The van der Waals surface area contributed by atoms with Gasteiger partial charge in [-0.2, -0.15) is 0 Å². The van der Waals surface area contributed by atoms with Crippen molar-refractivity contribution in [2.75, 3.05) is 17.6 Å². The molecule has 1 unspecified atom stereocenters. The summed E-state index contributed by atoms with van der Waals surface area (Å²) < 4.78 is 20.7. The van der Waals surface area contributed by atoms with E-state index >= 15 is 0 Å². The Balaban J connectivity index is 2.41. The van der Waals surface area contributed by atoms with E-state index in [1.165, 1.54) is 0 Å². The molecule has 0 radical (unpaired) electrons. The molecule has 1 aromatic rings. The number of amides is 1. The average Bonchev–Trinajstić information content (AvgIpc) is 2.37. The van der Waals surface area contributed by atoms with Crippen LogP contribution in [0.25, 0.3) is 0 Å². The Kier molecular flexibility index (Phi) is 6.24. The van der Waals surface area contributed by atoms with E-state index in [1.54, 1.807) is 6.92 Å². The zero-order chi connectivity index (χ0) is 14.3. The van der Waals surface area contributed by atoms with Crippen LogP contribution in [0.5, 0.6) is 0 Å². The molecular formula is C13H17N2O3S-. The molecule has 0 heterocycles. The van der Waals surface area contributed by atoms with E-state index in [1.807, 2.05) is 24.3 Å². The molecule has 19 heavy (non-hydrogen) atoms. The molecule has 5 nitrogen and oxygen atoms in total. The van der Waals surface area contributed by atoms with E-state index in [9.17, 15) is 13.6 Å². The van der Waals surface area contributed by atoms with E-state index in [2.05, 4.69) is 17.2 Å². The standard InChI is InChI=1S/C13H18N2O3S/c1-10(2)13(16)15-9-11-3-5-12(6-4-11)14-7-8-19(17)18/h3-6,14H,1,7-9H2,2H3,(H,15,16)(H,17,18)/p-1. The summed E-state index contributed by atoms with van der Waals surface area (Å²) in [6, 6.07) is 7.43. The van der Waals surface area contributed by atoms with Gasteiger partial charge >= 0.3 is 0 Å². The molecule has 0 aliphatic rings. The predicted molar refractivity (Wildman–Crippen MR) is 75.4 cm³/mol. The van der Waals surface area contributed by atoms with E-state index in [0.29, 0.717) is 18.7 Å². The molecule has 1 amide bonds. The number of anilines is 1. The number of hydrogen-bond acceptors (Lipinski definition) is 4. The van der Waals surface area contributed by atoms with Gasteiger partial charge in [-0.05, 0) is 24.6 Å². The van der Waals surface area contributed by atoms with Gasteiger partial charge in [-0.1, -0.05) is 29.8 Å². The molecule has 0 aromatic heterocycles. The Hall–Kier alpha value is -1.66. The second-order valence-electron chi connectivity index (χ2n) is 4.09. The van der Waals surface area contributed by atoms with Gasteiger partial charge in [0.25, 0.3) is 0 Å². The minimum Gasteiger partial charge on any atom is -0.772 e. The lowest BCUT2D eigenvalue weighted by atomic mass is 10.2. The van der Waals surface area contributed by atoms with Crippen molar-refractivity contribution in [2.24, 2.45) is 0 Å². The first-order valence-electron chi connectivity index (χ1n) is 5.81. The third kappa shape index (κ3) is 6.17. The van der Waals surface area contributed by atoms with Crippen molar-refractivity contribution in [1.82, 2.24) is 5.32 Å². The summed E-state index contributed by atoms with van der Waals surface area (Å²) in [6.45, 7) is 6.03. The Bertz CT molecular complexity index is 471. The SMILES string of the molecule is C=C(C)C(=O)NCc1ccc(NCCS(=O)[O-])cc1. The van der Waals surface area contributed by atoms with Crippen LogP contribution in [0.3, 0.4) is 0 Å². The fraction of sp³-hybridized carbons (Fsp3) is 0.308. The third-order valence-corrected chi connectivity index (χ3v) is 2.93. The first-order valence-corrected chi connectivity index (χ1v) is 7.06. The molecule has 6 heteroatoms. The largest absolute Gasteiger partial charge is 0.772 e. The van der Waals surface area contributed by atoms with Crippen LogP contribution in [0.1, 0.15) is 12.5 Å². The average molecular weight is 281 g/mol. The highest BCUT2D eigenvalue weighted by molar-refractivity contribution is 7.79. The third-order valence-electron chi connectivity index (χ3n) is 2.39. The maximum atomic E-state index is 11.3. The highest BCUT2D eigenvalue weighted by atomic mass is 32.2. The molecule has 0 spiro atoms. The van der Waals surface area contributed by atoms with Gasteiger partial charge in [-0.3, -0.25) is 9.00 Å². The second-order valence-corrected chi connectivity index (χ2v) is 5.11. The molecule has 0 bridgehead atoms. The minimum atomic E-state index is -2.02. The minimum absolute atomic E-state index is 0.0798. The first kappa shape index (κ1) is 15.4. The van der Waals surface area contributed by atoms with Crippen molar-refractivity contribution in [3.05, 3.63) is 42.0 Å². The van der Waals surface area contributed by atoms with Gasteiger partial charge in [0, 0.05) is 30.1 Å². The molecule has 1 aromatic carbocycles. The van der Waals surface area contributed by atoms with Crippen molar-refractivity contribution in [2.45, 2.75) is 13.5 Å². The summed E-state index contributed by atoms with van der Waals surface area (Å²) in [4.78, 5) is 11.3. The van der Waals surface area contributed by atoms with Crippen LogP contribution >= 0.6 is 0 Å². The van der Waals surface area contributed by atoms with E-state index in [-0.39, 0.29) is 11.7 Å². The molecular weight excluding hydrogens is 264 g/mol. The normalized spacial score (nSPS) is 11.7. The van der Waals surface area contributed by atoms with Gasteiger partial charge in [0.05, 0.1) is 0 Å². The van der Waals surface area contributed by atoms with Crippen LogP contribution in [0.15, 0.2) is 36.4 Å². The number of hydrogen-bond donors (Lipinski definition) is 2. The number of benzene rings is 1. The highest BCUT2D eigenvalue weighted by Crippen LogP contribution is 2.09. The summed E-state index contributed by atoms with van der Waals surface area (Å²) in [5.41, 5.74) is 2.29. The molecule has 1 atom stereocenters. The molecule has 0 aliphatic heterocycles. The lowest BCUT2D eigenvalue weighted by Gasteiger charge is -2.09. The fourth-order valence-electron chi connectivity index (χ4n) is 1.35. The van der Waals surface area contributed by atoms with Crippen LogP contribution in [-0.2, 0) is 22.4 Å². The van der Waals surface area contributed by atoms with Crippen LogP contribution in [-0.4, -0.2) is 27.0 Å². The summed E-state index contributed by atoms with van der Waals surface area (Å²) in [6.07, 6.45) is 0. The van der Waals surface area contributed by atoms with Gasteiger partial charge in [0.15, 0.2) is 0 Å². The van der Waals surface area contributed by atoms with E-state index < -0.39 is 11.1 Å². The van der Waals surface area contributed by atoms with E-state index in [0.717, 1.165) is 11.3 Å². The molecule has 0 saturated heterocycles. The summed E-state index contributed by atoms with van der Waals surface area (Å²) in [5.74, 6) is -0.0868. The number of rotatable bonds is 7. The lowest BCUT2D eigenvalue weighted by Crippen LogP contribution is -2.22. The number of carbonyl (C=O) groups is 1. The van der Waals surface area contributed by atoms with Gasteiger partial charge in [0.2, 0.25) is 5.91 Å². The van der Waals surface area contributed by atoms with E-state index in [4.69, 9.17) is 0 Å². The quantitative estimate of drug-likeness (QED) is 0.580. The smallest absolute Gasteiger partial charge is 0.246 e. The van der Waals surface area contributed by atoms with Crippen LogP contribution < -0.4 is 10.6 Å². The van der Waals surface area contributed by atoms with Crippen LogP contribution in [0.2, 0.25) is 0 Å². The van der Waals surface area contributed by atoms with Gasteiger partial charge in [0.1, 0.15) is 0 Å². The summed E-state index contributed by atoms with van der Waals surface area (Å²) in [7, 11) is 0. The molecule has 104 valence electrons. The topological polar surface area (TPSA) is 81.3 Å². The van der Waals surface area contributed by atoms with Crippen molar-refractivity contribution in [3.8, 4) is 0 Å². The molecule has 2 N–H and O–H groups in total. The zero-order valence-corrected chi connectivity index (χ0v) is 11.6. The fourth-order valence-corrected chi connectivity index (χ4v) is 1.62. The van der Waals surface area contributed by atoms with Gasteiger partial charge in [-0.15, -0.1) is 0 Å². The second kappa shape index (κ2) is 7.70. The molecule has 1 rings (SSSR count). The predicted octanol–water partition coefficient (Wildman–Crippen LogP) is 1.17. The maximum Gasteiger partial charge on any atom is 0.246 e. The lowest BCUT2D eigenvalue weighted by molar-refractivity contribution is -0.117. The Morgan fingerprint density at radius 2 is 2.00 bits per heavy atom. The highest BCUT2D eigenvalue weighted by Gasteiger charge is 2.01. The number of nitrogens with one attached hydrogen (secondary N) is 2. The Morgan fingerprint density at radius 3 is 2.53 bits per heavy atom. The van der Waals surface area contributed by atoms with Gasteiger partial charge in [-0.25, -0.2) is 0 Å². The van der Waals surface area contributed by atoms with Crippen molar-refractivity contribution >= 4 is 22.7 Å². The Labute approximate surface area is 115 Å². The maximum absolute atomic E-state index is 11.3. The first-order chi connectivity index (χ1) is 8.99. The summed E-state index contributed by atoms with van der Waals surface area (Å²) >= 11 is -2.02. The van der Waals surface area contributed by atoms with Crippen molar-refractivity contribution in [3.63, 3.8) is 0 Å². The molecule has 0 fully saturated rings. The van der Waals surface area contributed by atoms with Crippen molar-refractivity contribution < 1.29 is 13.6 Å². The van der Waals surface area contributed by atoms with Gasteiger partial charge < -0.3 is 15.2 Å². The summed E-state index contributed by atoms with van der Waals surface area (Å²) in [5, 5.41) is 5.73. The number of carbonyl (C=O) groups excluding carboxylic acids is 1. The van der Waals surface area contributed by atoms with Crippen molar-refractivity contribution in [1.29, 1.82) is 0 Å².